The zero-order valence-electron chi connectivity index (χ0n) is 9.01. The van der Waals surface area contributed by atoms with Crippen molar-refractivity contribution in [2.24, 2.45) is 0 Å². The van der Waals surface area contributed by atoms with Crippen molar-refractivity contribution < 1.29 is 31.9 Å². The Morgan fingerprint density at radius 2 is 1.72 bits per heavy atom. The Labute approximate surface area is 99.4 Å². The summed E-state index contributed by atoms with van der Waals surface area (Å²) in [4.78, 5) is 21.1. The Morgan fingerprint density at radius 1 is 1.17 bits per heavy atom. The Kier molecular flexibility index (Phi) is 4.82. The Balaban J connectivity index is 2.84. The van der Waals surface area contributed by atoms with Crippen LogP contribution in [0, 0.1) is 23.3 Å². The maximum Gasteiger partial charge on any atom is 0.311 e. The molecule has 1 aromatic carbocycles. The standard InChI is InChI=1S/C11H8F4O3/c12-6-5-7(13)10(15)11(9(6)14)18-8(17)3-1-2-4-16/h4-5H,1-3H2. The number of carbonyl (C=O) groups is 2. The summed E-state index contributed by atoms with van der Waals surface area (Å²) in [5.74, 6) is -9.38. The third kappa shape index (κ3) is 3.28. The van der Waals surface area contributed by atoms with Gasteiger partial charge in [-0.2, -0.15) is 8.78 Å². The summed E-state index contributed by atoms with van der Waals surface area (Å²) >= 11 is 0. The van der Waals surface area contributed by atoms with Crippen LogP contribution < -0.4 is 4.74 Å². The molecule has 0 heterocycles. The number of unbranched alkanes of at least 4 members (excludes halogenated alkanes) is 1. The fourth-order valence-corrected chi connectivity index (χ4v) is 1.14. The molecule has 0 N–H and O–H groups in total. The van der Waals surface area contributed by atoms with Gasteiger partial charge in [-0.15, -0.1) is 0 Å². The number of ether oxygens (including phenoxy) is 1. The SMILES string of the molecule is O=CCCCC(=O)Oc1c(F)c(F)cc(F)c1F. The summed E-state index contributed by atoms with van der Waals surface area (Å²) in [7, 11) is 0. The molecule has 0 amide bonds. The van der Waals surface area contributed by atoms with Crippen molar-refractivity contribution in [2.75, 3.05) is 0 Å². The first-order valence-electron chi connectivity index (χ1n) is 4.94. The van der Waals surface area contributed by atoms with E-state index < -0.39 is 35.0 Å². The van der Waals surface area contributed by atoms with Crippen molar-refractivity contribution in [3.8, 4) is 5.75 Å². The molecule has 1 aromatic rings. The van der Waals surface area contributed by atoms with Crippen molar-refractivity contribution in [1.29, 1.82) is 0 Å². The van der Waals surface area contributed by atoms with E-state index >= 15 is 0 Å². The van der Waals surface area contributed by atoms with Gasteiger partial charge in [0.25, 0.3) is 0 Å². The quantitative estimate of drug-likeness (QED) is 0.205. The van der Waals surface area contributed by atoms with E-state index in [4.69, 9.17) is 0 Å². The highest BCUT2D eigenvalue weighted by atomic mass is 19.2. The summed E-state index contributed by atoms with van der Waals surface area (Å²) < 4.78 is 55.9. The van der Waals surface area contributed by atoms with E-state index in [9.17, 15) is 27.2 Å². The summed E-state index contributed by atoms with van der Waals surface area (Å²) in [6.07, 6.45) is 0.437. The molecule has 0 saturated carbocycles. The van der Waals surface area contributed by atoms with Crippen LogP contribution in [0.5, 0.6) is 5.75 Å². The first-order chi connectivity index (χ1) is 8.47. The van der Waals surface area contributed by atoms with Crippen LogP contribution in [0.3, 0.4) is 0 Å². The summed E-state index contributed by atoms with van der Waals surface area (Å²) in [6, 6.07) is 0.00833. The monoisotopic (exact) mass is 264 g/mol. The molecule has 0 radical (unpaired) electrons. The van der Waals surface area contributed by atoms with Gasteiger partial charge in [-0.3, -0.25) is 4.79 Å². The number of esters is 1. The first-order valence-corrected chi connectivity index (χ1v) is 4.94. The molecule has 0 unspecified atom stereocenters. The van der Waals surface area contributed by atoms with Gasteiger partial charge in [0.05, 0.1) is 0 Å². The molecular weight excluding hydrogens is 256 g/mol. The van der Waals surface area contributed by atoms with Gasteiger partial charge < -0.3 is 9.53 Å². The second-order valence-corrected chi connectivity index (χ2v) is 3.33. The molecule has 0 bridgehead atoms. The van der Waals surface area contributed by atoms with E-state index in [0.29, 0.717) is 6.29 Å². The number of aldehydes is 1. The van der Waals surface area contributed by atoms with Crippen molar-refractivity contribution in [3.63, 3.8) is 0 Å². The van der Waals surface area contributed by atoms with Gasteiger partial charge in [0.15, 0.2) is 11.6 Å². The molecule has 0 aliphatic carbocycles. The number of carbonyl (C=O) groups excluding carboxylic acids is 2. The molecule has 0 aliphatic heterocycles. The predicted octanol–water partition coefficient (Wildman–Crippen LogP) is 2.52. The van der Waals surface area contributed by atoms with E-state index in [1.807, 2.05) is 0 Å². The predicted molar refractivity (Wildman–Crippen MR) is 51.8 cm³/mol. The van der Waals surface area contributed by atoms with Crippen LogP contribution in [0.1, 0.15) is 19.3 Å². The van der Waals surface area contributed by atoms with Gasteiger partial charge in [-0.1, -0.05) is 0 Å². The fraction of sp³-hybridized carbons (Fsp3) is 0.273. The molecule has 0 aromatic heterocycles. The maximum atomic E-state index is 13.1. The smallest absolute Gasteiger partial charge is 0.311 e. The summed E-state index contributed by atoms with van der Waals surface area (Å²) in [6.45, 7) is 0. The van der Waals surface area contributed by atoms with Crippen molar-refractivity contribution in [1.82, 2.24) is 0 Å². The van der Waals surface area contributed by atoms with Crippen LogP contribution in [0.4, 0.5) is 17.6 Å². The maximum absolute atomic E-state index is 13.1. The third-order valence-corrected chi connectivity index (χ3v) is 1.99. The van der Waals surface area contributed by atoms with E-state index in [1.165, 1.54) is 0 Å². The lowest BCUT2D eigenvalue weighted by atomic mass is 10.2. The number of rotatable bonds is 5. The number of hydrogen-bond acceptors (Lipinski definition) is 3. The lowest BCUT2D eigenvalue weighted by molar-refractivity contribution is -0.134. The summed E-state index contributed by atoms with van der Waals surface area (Å²) in [5.41, 5.74) is 0. The van der Waals surface area contributed by atoms with Crippen LogP contribution >= 0.6 is 0 Å². The van der Waals surface area contributed by atoms with Gasteiger partial charge in [0, 0.05) is 18.9 Å². The van der Waals surface area contributed by atoms with Crippen molar-refractivity contribution in [2.45, 2.75) is 19.3 Å². The lowest BCUT2D eigenvalue weighted by Gasteiger charge is -2.07. The average molecular weight is 264 g/mol. The molecule has 98 valence electrons. The highest BCUT2D eigenvalue weighted by Gasteiger charge is 2.22. The zero-order valence-corrected chi connectivity index (χ0v) is 9.01. The molecule has 0 spiro atoms. The molecule has 1 rings (SSSR count). The normalized spacial score (nSPS) is 10.2. The van der Waals surface area contributed by atoms with Crippen LogP contribution in [-0.4, -0.2) is 12.3 Å². The van der Waals surface area contributed by atoms with Gasteiger partial charge in [-0.05, 0) is 6.42 Å². The van der Waals surface area contributed by atoms with Gasteiger partial charge in [0.2, 0.25) is 17.4 Å². The molecule has 18 heavy (non-hydrogen) atoms. The van der Waals surface area contributed by atoms with E-state index in [-0.39, 0.29) is 25.3 Å². The highest BCUT2D eigenvalue weighted by molar-refractivity contribution is 5.72. The largest absolute Gasteiger partial charge is 0.420 e. The number of hydrogen-bond donors (Lipinski definition) is 0. The van der Waals surface area contributed by atoms with Gasteiger partial charge >= 0.3 is 5.97 Å². The second-order valence-electron chi connectivity index (χ2n) is 3.33. The molecule has 0 saturated heterocycles. The molecular formula is C11H8F4O3. The van der Waals surface area contributed by atoms with Gasteiger partial charge in [0.1, 0.15) is 6.29 Å². The van der Waals surface area contributed by atoms with Gasteiger partial charge in [-0.25, -0.2) is 8.78 Å². The topological polar surface area (TPSA) is 43.4 Å². The average Bonchev–Trinajstić information content (AvgIpc) is 2.32. The minimum Gasteiger partial charge on any atom is -0.420 e. The Morgan fingerprint density at radius 3 is 2.22 bits per heavy atom. The van der Waals surface area contributed by atoms with Crippen LogP contribution in [-0.2, 0) is 9.59 Å². The Bertz CT molecular complexity index is 448. The van der Waals surface area contributed by atoms with Crippen molar-refractivity contribution in [3.05, 3.63) is 29.3 Å². The summed E-state index contributed by atoms with van der Waals surface area (Å²) in [5, 5.41) is 0. The van der Waals surface area contributed by atoms with Crippen LogP contribution in [0.25, 0.3) is 0 Å². The van der Waals surface area contributed by atoms with E-state index in [0.717, 1.165) is 0 Å². The van der Waals surface area contributed by atoms with Crippen LogP contribution in [0.2, 0.25) is 0 Å². The second kappa shape index (κ2) is 6.13. The first kappa shape index (κ1) is 14.1. The highest BCUT2D eigenvalue weighted by Crippen LogP contribution is 2.26. The molecule has 3 nitrogen and oxygen atoms in total. The zero-order chi connectivity index (χ0) is 13.7. The van der Waals surface area contributed by atoms with E-state index in [2.05, 4.69) is 4.74 Å². The molecule has 0 atom stereocenters. The Hall–Kier alpha value is -1.92. The molecule has 7 heteroatoms. The molecule has 0 aliphatic rings. The van der Waals surface area contributed by atoms with Crippen molar-refractivity contribution >= 4 is 12.3 Å². The molecule has 0 fully saturated rings. The third-order valence-electron chi connectivity index (χ3n) is 1.99. The lowest BCUT2D eigenvalue weighted by Crippen LogP contribution is -2.11. The minimum absolute atomic E-state index is 0.00833. The minimum atomic E-state index is -1.78. The van der Waals surface area contributed by atoms with E-state index in [1.54, 1.807) is 0 Å². The fourth-order valence-electron chi connectivity index (χ4n) is 1.14. The van der Waals surface area contributed by atoms with Crippen LogP contribution in [0.15, 0.2) is 6.07 Å². The number of benzene rings is 1. The number of halogens is 4.